The highest BCUT2D eigenvalue weighted by molar-refractivity contribution is 4.91. The van der Waals surface area contributed by atoms with Crippen LogP contribution in [-0.2, 0) is 0 Å². The fourth-order valence-electron chi connectivity index (χ4n) is 2.50. The lowest BCUT2D eigenvalue weighted by Gasteiger charge is -2.36. The number of allylic oxidation sites excluding steroid dienone is 1. The van der Waals surface area contributed by atoms with Crippen molar-refractivity contribution in [2.24, 2.45) is 17.1 Å². The van der Waals surface area contributed by atoms with Crippen molar-refractivity contribution in [3.8, 4) is 0 Å². The summed E-state index contributed by atoms with van der Waals surface area (Å²) in [7, 11) is 0. The molecule has 1 nitrogen and oxygen atoms in total. The smallest absolute Gasteiger partial charge is 0.00702 e. The Kier molecular flexibility index (Phi) is 4.39. The molecule has 0 heterocycles. The van der Waals surface area contributed by atoms with Gasteiger partial charge in [-0.1, -0.05) is 19.4 Å². The van der Waals surface area contributed by atoms with E-state index in [2.05, 4.69) is 27.4 Å². The Morgan fingerprint density at radius 3 is 2.40 bits per heavy atom. The Hall–Kier alpha value is -0.300. The predicted octanol–water partition coefficient (Wildman–Crippen LogP) is 3.89. The number of nitrogens with two attached hydrogens (primary N) is 1. The Bertz CT molecular complexity index is 207. The van der Waals surface area contributed by atoms with Crippen LogP contribution in [0.4, 0.5) is 0 Å². The van der Waals surface area contributed by atoms with Gasteiger partial charge in [-0.05, 0) is 56.8 Å². The van der Waals surface area contributed by atoms with Gasteiger partial charge in [0.25, 0.3) is 0 Å². The average Bonchev–Trinajstić information content (AvgIpc) is 2.14. The van der Waals surface area contributed by atoms with Crippen LogP contribution >= 0.6 is 0 Å². The minimum Gasteiger partial charge on any atom is -0.327 e. The fraction of sp³-hybridized carbons (Fsp3) is 0.857. The fourth-order valence-corrected chi connectivity index (χ4v) is 2.50. The number of hydrogen-bond donors (Lipinski definition) is 1. The normalized spacial score (nSPS) is 23.7. The molecule has 0 bridgehead atoms. The molecule has 0 aromatic heterocycles. The van der Waals surface area contributed by atoms with Gasteiger partial charge in [-0.15, -0.1) is 6.58 Å². The molecule has 1 fully saturated rings. The summed E-state index contributed by atoms with van der Waals surface area (Å²) in [6.07, 6.45) is 7.56. The van der Waals surface area contributed by atoms with Crippen molar-refractivity contribution in [2.45, 2.75) is 65.3 Å². The Morgan fingerprint density at radius 1 is 1.40 bits per heavy atom. The van der Waals surface area contributed by atoms with Crippen molar-refractivity contribution in [3.63, 3.8) is 0 Å². The second kappa shape index (κ2) is 5.16. The van der Waals surface area contributed by atoms with Gasteiger partial charge < -0.3 is 5.73 Å². The summed E-state index contributed by atoms with van der Waals surface area (Å²) in [5, 5.41) is 0. The van der Waals surface area contributed by atoms with Gasteiger partial charge in [0.1, 0.15) is 0 Å². The lowest BCUT2D eigenvalue weighted by Crippen LogP contribution is -2.34. The van der Waals surface area contributed by atoms with E-state index in [-0.39, 0.29) is 0 Å². The highest BCUT2D eigenvalue weighted by Gasteiger charge is 2.29. The Morgan fingerprint density at radius 2 is 1.93 bits per heavy atom. The predicted molar refractivity (Wildman–Crippen MR) is 67.8 cm³/mol. The first-order chi connectivity index (χ1) is 6.91. The SMILES string of the molecule is C=C(C)CCC(N)C1CCC(C)(C)CC1. The number of rotatable bonds is 4. The van der Waals surface area contributed by atoms with Crippen LogP contribution in [0, 0.1) is 11.3 Å². The molecule has 1 saturated carbocycles. The van der Waals surface area contributed by atoms with Crippen LogP contribution in [0.25, 0.3) is 0 Å². The van der Waals surface area contributed by atoms with E-state index in [0.717, 1.165) is 18.8 Å². The third-order valence-corrected chi connectivity index (χ3v) is 3.89. The van der Waals surface area contributed by atoms with Crippen molar-refractivity contribution in [1.82, 2.24) is 0 Å². The van der Waals surface area contributed by atoms with Crippen LogP contribution in [0.15, 0.2) is 12.2 Å². The maximum atomic E-state index is 6.24. The molecular weight excluding hydrogens is 182 g/mol. The molecule has 0 radical (unpaired) electrons. The van der Waals surface area contributed by atoms with Crippen molar-refractivity contribution in [3.05, 3.63) is 12.2 Å². The summed E-state index contributed by atoms with van der Waals surface area (Å²) in [4.78, 5) is 0. The molecule has 1 atom stereocenters. The first-order valence-corrected chi connectivity index (χ1v) is 6.31. The van der Waals surface area contributed by atoms with Crippen LogP contribution in [0.2, 0.25) is 0 Å². The first kappa shape index (κ1) is 12.8. The topological polar surface area (TPSA) is 26.0 Å². The van der Waals surface area contributed by atoms with Gasteiger partial charge in [0, 0.05) is 6.04 Å². The minimum atomic E-state index is 0.401. The molecule has 1 rings (SSSR count). The van der Waals surface area contributed by atoms with E-state index in [0.29, 0.717) is 11.5 Å². The van der Waals surface area contributed by atoms with Crippen molar-refractivity contribution in [1.29, 1.82) is 0 Å². The molecule has 0 spiro atoms. The van der Waals surface area contributed by atoms with Crippen LogP contribution in [0.1, 0.15) is 59.3 Å². The minimum absolute atomic E-state index is 0.401. The number of hydrogen-bond acceptors (Lipinski definition) is 1. The maximum Gasteiger partial charge on any atom is 0.00702 e. The van der Waals surface area contributed by atoms with E-state index in [1.807, 2.05) is 0 Å². The van der Waals surface area contributed by atoms with Crippen LogP contribution in [-0.4, -0.2) is 6.04 Å². The summed E-state index contributed by atoms with van der Waals surface area (Å²) in [6, 6.07) is 0.401. The van der Waals surface area contributed by atoms with Crippen molar-refractivity contribution < 1.29 is 0 Å². The zero-order valence-electron chi connectivity index (χ0n) is 10.7. The van der Waals surface area contributed by atoms with E-state index in [1.54, 1.807) is 0 Å². The molecule has 0 aliphatic heterocycles. The third-order valence-electron chi connectivity index (χ3n) is 3.89. The van der Waals surface area contributed by atoms with Gasteiger partial charge >= 0.3 is 0 Å². The molecule has 1 aliphatic carbocycles. The molecule has 15 heavy (non-hydrogen) atoms. The van der Waals surface area contributed by atoms with E-state index < -0.39 is 0 Å². The molecule has 0 amide bonds. The zero-order chi connectivity index (χ0) is 11.5. The molecule has 88 valence electrons. The molecule has 1 heteroatoms. The van der Waals surface area contributed by atoms with Gasteiger partial charge in [-0.25, -0.2) is 0 Å². The molecule has 1 aliphatic rings. The molecule has 2 N–H and O–H groups in total. The monoisotopic (exact) mass is 209 g/mol. The molecular formula is C14H27N. The van der Waals surface area contributed by atoms with Gasteiger partial charge in [-0.3, -0.25) is 0 Å². The van der Waals surface area contributed by atoms with Crippen LogP contribution < -0.4 is 5.73 Å². The third kappa shape index (κ3) is 4.38. The van der Waals surface area contributed by atoms with Crippen molar-refractivity contribution in [2.75, 3.05) is 0 Å². The van der Waals surface area contributed by atoms with Crippen molar-refractivity contribution >= 4 is 0 Å². The van der Waals surface area contributed by atoms with Gasteiger partial charge in [-0.2, -0.15) is 0 Å². The van der Waals surface area contributed by atoms with Gasteiger partial charge in [0.2, 0.25) is 0 Å². The average molecular weight is 209 g/mol. The second-order valence-corrected chi connectivity index (χ2v) is 6.16. The second-order valence-electron chi connectivity index (χ2n) is 6.16. The Balaban J connectivity index is 2.30. The molecule has 0 aromatic rings. The summed E-state index contributed by atoms with van der Waals surface area (Å²) in [6.45, 7) is 10.8. The van der Waals surface area contributed by atoms with E-state index >= 15 is 0 Å². The quantitative estimate of drug-likeness (QED) is 0.698. The van der Waals surface area contributed by atoms with Gasteiger partial charge in [0.05, 0.1) is 0 Å². The lowest BCUT2D eigenvalue weighted by molar-refractivity contribution is 0.170. The highest BCUT2D eigenvalue weighted by atomic mass is 14.7. The molecule has 0 saturated heterocycles. The molecule has 0 aromatic carbocycles. The molecule has 1 unspecified atom stereocenters. The summed E-state index contributed by atoms with van der Waals surface area (Å²) >= 11 is 0. The summed E-state index contributed by atoms with van der Waals surface area (Å²) < 4.78 is 0. The standard InChI is InChI=1S/C14H27N/c1-11(2)5-6-13(15)12-7-9-14(3,4)10-8-12/h12-13H,1,5-10,15H2,2-4H3. The van der Waals surface area contributed by atoms with Crippen LogP contribution in [0.5, 0.6) is 0 Å². The first-order valence-electron chi connectivity index (χ1n) is 6.31. The van der Waals surface area contributed by atoms with E-state index in [9.17, 15) is 0 Å². The van der Waals surface area contributed by atoms with E-state index in [4.69, 9.17) is 5.73 Å². The van der Waals surface area contributed by atoms with E-state index in [1.165, 1.54) is 31.3 Å². The lowest BCUT2D eigenvalue weighted by atomic mass is 9.70. The Labute approximate surface area is 95.1 Å². The van der Waals surface area contributed by atoms with Crippen LogP contribution in [0.3, 0.4) is 0 Å². The van der Waals surface area contributed by atoms with Gasteiger partial charge in [0.15, 0.2) is 0 Å². The zero-order valence-corrected chi connectivity index (χ0v) is 10.7. The summed E-state index contributed by atoms with van der Waals surface area (Å²) in [5.74, 6) is 0.761. The maximum absolute atomic E-state index is 6.24. The summed E-state index contributed by atoms with van der Waals surface area (Å²) in [5.41, 5.74) is 8.07. The largest absolute Gasteiger partial charge is 0.327 e. The highest BCUT2D eigenvalue weighted by Crippen LogP contribution is 2.39.